The lowest BCUT2D eigenvalue weighted by Crippen LogP contribution is -2.56. The first kappa shape index (κ1) is 26.9. The van der Waals surface area contributed by atoms with E-state index in [1.54, 1.807) is 27.1 Å². The van der Waals surface area contributed by atoms with Crippen LogP contribution in [-0.4, -0.2) is 78.1 Å². The summed E-state index contributed by atoms with van der Waals surface area (Å²) in [6.45, 7) is 5.30. The highest BCUT2D eigenvalue weighted by Crippen LogP contribution is 2.40. The highest BCUT2D eigenvalue weighted by atomic mass is 35.5. The number of hydrogen-bond donors (Lipinski definition) is 0. The van der Waals surface area contributed by atoms with Gasteiger partial charge < -0.3 is 23.8 Å². The lowest BCUT2D eigenvalue weighted by atomic mass is 9.91. The van der Waals surface area contributed by atoms with E-state index in [-0.39, 0.29) is 18.2 Å². The average Bonchev–Trinajstić information content (AvgIpc) is 2.70. The molecule has 5 atom stereocenters. The summed E-state index contributed by atoms with van der Waals surface area (Å²) in [7, 11) is 3.18. The summed E-state index contributed by atoms with van der Waals surface area (Å²) in [5.41, 5.74) is -0.698. The van der Waals surface area contributed by atoms with Crippen LogP contribution in [0.25, 0.3) is 0 Å². The van der Waals surface area contributed by atoms with Crippen LogP contribution in [0.5, 0.6) is 0 Å². The van der Waals surface area contributed by atoms with Gasteiger partial charge in [0.05, 0.1) is 5.02 Å². The second-order valence-electron chi connectivity index (χ2n) is 7.67. The van der Waals surface area contributed by atoms with Gasteiger partial charge in [0.1, 0.15) is 36.0 Å². The van der Waals surface area contributed by atoms with Crippen LogP contribution in [-0.2, 0) is 33.3 Å². The highest BCUT2D eigenvalue weighted by Gasteiger charge is 2.48. The monoisotopic (exact) mass is 502 g/mol. The zero-order valence-electron chi connectivity index (χ0n) is 19.2. The summed E-state index contributed by atoms with van der Waals surface area (Å²) < 4.78 is 22.2. The molecule has 1 aromatic rings. The summed E-state index contributed by atoms with van der Waals surface area (Å²) in [5.74, 6) is -2.53. The number of thioether (sulfide) groups is 1. The first-order chi connectivity index (χ1) is 15.4. The summed E-state index contributed by atoms with van der Waals surface area (Å²) in [6, 6.07) is 1.56. The van der Waals surface area contributed by atoms with Gasteiger partial charge in [0.15, 0.2) is 0 Å². The third kappa shape index (κ3) is 7.31. The van der Waals surface area contributed by atoms with E-state index in [4.69, 9.17) is 30.5 Å². The standard InChI is InChI=1S/C21H27ClN2O8S/c1-10-18(30-12(3)26)15(9-29-11(2)25)32-21(19(10)31-13(4)27)33-16-7-14(22)8-23-17(16)20(28)24(5)6/h7-8,10,15,18-19,21H,9H2,1-6H3/t10?,15?,18-,19?,21-/m1/s1. The van der Waals surface area contributed by atoms with Crippen LogP contribution in [0.3, 0.4) is 0 Å². The van der Waals surface area contributed by atoms with Crippen molar-refractivity contribution in [2.45, 2.75) is 56.3 Å². The zero-order valence-corrected chi connectivity index (χ0v) is 20.8. The average molecular weight is 503 g/mol. The molecule has 33 heavy (non-hydrogen) atoms. The minimum absolute atomic E-state index is 0.144. The van der Waals surface area contributed by atoms with E-state index in [2.05, 4.69) is 4.98 Å². The Morgan fingerprint density at radius 2 is 1.70 bits per heavy atom. The molecule has 1 aliphatic rings. The Bertz CT molecular complexity index is 910. The van der Waals surface area contributed by atoms with Gasteiger partial charge in [-0.3, -0.25) is 19.2 Å². The molecule has 12 heteroatoms. The Labute approximate surface area is 201 Å². The summed E-state index contributed by atoms with van der Waals surface area (Å²) >= 11 is 7.21. The van der Waals surface area contributed by atoms with Gasteiger partial charge in [-0.25, -0.2) is 4.98 Å². The molecular formula is C21H27ClN2O8S. The Kier molecular flexibility index (Phi) is 9.50. The predicted molar refractivity (Wildman–Crippen MR) is 119 cm³/mol. The number of pyridine rings is 1. The van der Waals surface area contributed by atoms with E-state index >= 15 is 0 Å². The van der Waals surface area contributed by atoms with Crippen LogP contribution < -0.4 is 0 Å². The van der Waals surface area contributed by atoms with E-state index in [1.165, 1.54) is 31.9 Å². The van der Waals surface area contributed by atoms with Crippen molar-refractivity contribution in [3.05, 3.63) is 23.0 Å². The minimum Gasteiger partial charge on any atom is -0.463 e. The van der Waals surface area contributed by atoms with E-state index in [9.17, 15) is 19.2 Å². The number of rotatable bonds is 7. The fourth-order valence-electron chi connectivity index (χ4n) is 3.27. The molecule has 0 saturated carbocycles. The van der Waals surface area contributed by atoms with Gasteiger partial charge in [0.25, 0.3) is 5.91 Å². The molecule has 1 aromatic heterocycles. The Balaban J connectivity index is 2.45. The fraction of sp³-hybridized carbons (Fsp3) is 0.571. The summed E-state index contributed by atoms with van der Waals surface area (Å²) in [6.07, 6.45) is -1.18. The molecule has 1 aliphatic heterocycles. The zero-order chi connectivity index (χ0) is 24.9. The van der Waals surface area contributed by atoms with Crippen LogP contribution in [0.4, 0.5) is 0 Å². The van der Waals surface area contributed by atoms with Gasteiger partial charge in [-0.2, -0.15) is 0 Å². The van der Waals surface area contributed by atoms with Gasteiger partial charge in [0, 0.05) is 51.9 Å². The molecule has 2 heterocycles. The van der Waals surface area contributed by atoms with E-state index in [0.717, 1.165) is 11.8 Å². The number of esters is 3. The smallest absolute Gasteiger partial charge is 0.303 e. The number of carbonyl (C=O) groups excluding carboxylic acids is 4. The van der Waals surface area contributed by atoms with Crippen molar-refractivity contribution in [3.63, 3.8) is 0 Å². The van der Waals surface area contributed by atoms with E-state index in [0.29, 0.717) is 9.92 Å². The van der Waals surface area contributed by atoms with Crippen molar-refractivity contribution in [2.75, 3.05) is 20.7 Å². The van der Waals surface area contributed by atoms with Gasteiger partial charge in [0.2, 0.25) is 0 Å². The van der Waals surface area contributed by atoms with Crippen LogP contribution >= 0.6 is 23.4 Å². The first-order valence-electron chi connectivity index (χ1n) is 10.1. The number of hydrogen-bond acceptors (Lipinski definition) is 10. The molecule has 1 saturated heterocycles. The van der Waals surface area contributed by atoms with E-state index < -0.39 is 47.6 Å². The molecule has 0 aromatic carbocycles. The Morgan fingerprint density at radius 3 is 2.24 bits per heavy atom. The summed E-state index contributed by atoms with van der Waals surface area (Å²) in [5, 5.41) is 0.301. The third-order valence-electron chi connectivity index (χ3n) is 4.71. The van der Waals surface area contributed by atoms with E-state index in [1.807, 2.05) is 0 Å². The van der Waals surface area contributed by atoms with Crippen molar-refractivity contribution < 1.29 is 38.1 Å². The number of aromatic nitrogens is 1. The molecule has 0 bridgehead atoms. The van der Waals surface area contributed by atoms with Crippen LogP contribution in [0.15, 0.2) is 17.2 Å². The molecule has 0 spiro atoms. The quantitative estimate of drug-likeness (QED) is 0.405. The van der Waals surface area contributed by atoms with Crippen molar-refractivity contribution in [2.24, 2.45) is 5.92 Å². The van der Waals surface area contributed by atoms with Gasteiger partial charge >= 0.3 is 17.9 Å². The maximum absolute atomic E-state index is 12.6. The van der Waals surface area contributed by atoms with Crippen molar-refractivity contribution in [1.82, 2.24) is 9.88 Å². The Morgan fingerprint density at radius 1 is 1.09 bits per heavy atom. The second-order valence-corrected chi connectivity index (χ2v) is 9.25. The normalized spacial score (nSPS) is 24.5. The van der Waals surface area contributed by atoms with Crippen molar-refractivity contribution in [1.29, 1.82) is 0 Å². The topological polar surface area (TPSA) is 121 Å². The molecule has 1 amide bonds. The maximum atomic E-state index is 12.6. The molecular weight excluding hydrogens is 476 g/mol. The molecule has 182 valence electrons. The number of halogens is 1. The van der Waals surface area contributed by atoms with Gasteiger partial charge in [-0.1, -0.05) is 30.3 Å². The van der Waals surface area contributed by atoms with Crippen molar-refractivity contribution in [3.8, 4) is 0 Å². The predicted octanol–water partition coefficient (Wildman–Crippen LogP) is 2.32. The third-order valence-corrected chi connectivity index (χ3v) is 6.09. The number of carbonyl (C=O) groups is 4. The first-order valence-corrected chi connectivity index (χ1v) is 11.3. The Hall–Kier alpha value is -2.37. The minimum atomic E-state index is -0.855. The molecule has 3 unspecified atom stereocenters. The summed E-state index contributed by atoms with van der Waals surface area (Å²) in [4.78, 5) is 53.5. The highest BCUT2D eigenvalue weighted by molar-refractivity contribution is 8.00. The van der Waals surface area contributed by atoms with Gasteiger partial charge in [-0.15, -0.1) is 0 Å². The lowest BCUT2D eigenvalue weighted by molar-refractivity contribution is -0.212. The largest absolute Gasteiger partial charge is 0.463 e. The lowest BCUT2D eigenvalue weighted by Gasteiger charge is -2.43. The molecule has 0 aliphatic carbocycles. The molecule has 0 N–H and O–H groups in total. The number of nitrogens with zero attached hydrogens (tertiary/aromatic N) is 2. The fourth-order valence-corrected chi connectivity index (χ4v) is 4.82. The molecule has 0 radical (unpaired) electrons. The van der Waals surface area contributed by atoms with Gasteiger partial charge in [-0.05, 0) is 6.07 Å². The molecule has 1 fully saturated rings. The van der Waals surface area contributed by atoms with Crippen molar-refractivity contribution >= 4 is 47.2 Å². The number of ether oxygens (including phenoxy) is 4. The SMILES string of the molecule is CC(=O)OCC1O[C@H](Sc2cc(Cl)cnc2C(=O)N(C)C)C(OC(C)=O)C(C)[C@H]1OC(C)=O. The van der Waals surface area contributed by atoms with Crippen LogP contribution in [0.1, 0.15) is 38.2 Å². The maximum Gasteiger partial charge on any atom is 0.303 e. The van der Waals surface area contributed by atoms with Crippen LogP contribution in [0.2, 0.25) is 5.02 Å². The molecule has 2 rings (SSSR count). The second kappa shape index (κ2) is 11.7. The molecule has 10 nitrogen and oxygen atoms in total. The van der Waals surface area contributed by atoms with Crippen LogP contribution in [0, 0.1) is 5.92 Å². The number of amides is 1.